The molecule has 5 heterocycles. The Morgan fingerprint density at radius 2 is 1.90 bits per heavy atom. The molecule has 0 spiro atoms. The molecule has 158 valence electrons. The van der Waals surface area contributed by atoms with Gasteiger partial charge in [0.25, 0.3) is 5.91 Å². The van der Waals surface area contributed by atoms with Crippen molar-refractivity contribution in [1.82, 2.24) is 20.4 Å². The molecule has 5 aliphatic rings. The number of nitrogens with zero attached hydrogens (tertiary/aromatic N) is 3. The van der Waals surface area contributed by atoms with Crippen molar-refractivity contribution in [2.75, 3.05) is 37.6 Å². The van der Waals surface area contributed by atoms with E-state index in [0.29, 0.717) is 30.6 Å². The molecule has 2 bridgehead atoms. The van der Waals surface area contributed by atoms with Crippen molar-refractivity contribution < 1.29 is 14.4 Å². The van der Waals surface area contributed by atoms with E-state index in [4.69, 9.17) is 0 Å². The largest absolute Gasteiger partial charge is 0.366 e. The SMILES string of the molecule is O=C1CCC(N2Cc3cc(N4CC5CC4CN5CC4CNC4)ccc3C2=O)C(=O)N1. The molecule has 0 aromatic heterocycles. The molecule has 6 rings (SSSR count). The van der Waals surface area contributed by atoms with Crippen molar-refractivity contribution in [1.29, 1.82) is 0 Å². The summed E-state index contributed by atoms with van der Waals surface area (Å²) in [5.74, 6) is 0.0944. The second-order valence-corrected chi connectivity index (χ2v) is 9.42. The molecule has 4 fully saturated rings. The van der Waals surface area contributed by atoms with Crippen molar-refractivity contribution in [3.63, 3.8) is 0 Å². The molecule has 2 N–H and O–H groups in total. The number of likely N-dealkylation sites (tertiary alicyclic amines) is 1. The Morgan fingerprint density at radius 1 is 1.03 bits per heavy atom. The molecular weight excluding hydrogens is 382 g/mol. The highest BCUT2D eigenvalue weighted by molar-refractivity contribution is 6.05. The average molecular weight is 409 g/mol. The number of nitrogens with one attached hydrogen (secondary N) is 2. The predicted octanol–water partition coefficient (Wildman–Crippen LogP) is -0.0701. The molecule has 8 nitrogen and oxygen atoms in total. The van der Waals surface area contributed by atoms with Crippen LogP contribution in [0.25, 0.3) is 0 Å². The van der Waals surface area contributed by atoms with Gasteiger partial charge in [0.2, 0.25) is 11.8 Å². The maximum Gasteiger partial charge on any atom is 0.255 e. The van der Waals surface area contributed by atoms with Crippen LogP contribution in [-0.4, -0.2) is 78.4 Å². The Kier molecular flexibility index (Phi) is 4.14. The standard InChI is InChI=1S/C22H27N5O3/c28-20-4-3-19(21(29)24-20)27-10-14-5-15(1-2-18(14)22(27)30)26-12-16-6-17(26)11-25(16)9-13-7-23-8-13/h1-2,5,13,16-17,19,23H,3-4,6-12H2,(H,24,28,29). The third-order valence-electron chi connectivity index (χ3n) is 7.55. The number of carbonyl (C=O) groups is 3. The maximum atomic E-state index is 12.9. The fraction of sp³-hybridized carbons (Fsp3) is 0.591. The van der Waals surface area contributed by atoms with E-state index in [1.807, 2.05) is 6.07 Å². The number of amides is 3. The molecule has 0 radical (unpaired) electrons. The number of piperidine rings is 1. The molecule has 3 amide bonds. The van der Waals surface area contributed by atoms with Crippen LogP contribution in [0.5, 0.6) is 0 Å². The summed E-state index contributed by atoms with van der Waals surface area (Å²) >= 11 is 0. The molecule has 30 heavy (non-hydrogen) atoms. The number of hydrogen-bond acceptors (Lipinski definition) is 6. The van der Waals surface area contributed by atoms with Gasteiger partial charge in [-0.15, -0.1) is 0 Å². The first-order chi connectivity index (χ1) is 14.6. The highest BCUT2D eigenvalue weighted by atomic mass is 16.2. The van der Waals surface area contributed by atoms with Crippen LogP contribution in [0.3, 0.4) is 0 Å². The van der Waals surface area contributed by atoms with Gasteiger partial charge in [-0.2, -0.15) is 0 Å². The number of fused-ring (bicyclic) bond motifs is 3. The van der Waals surface area contributed by atoms with E-state index in [1.54, 1.807) is 4.90 Å². The molecule has 8 heteroatoms. The van der Waals surface area contributed by atoms with Crippen LogP contribution >= 0.6 is 0 Å². The van der Waals surface area contributed by atoms with E-state index in [2.05, 4.69) is 32.6 Å². The number of piperazine rings is 1. The maximum absolute atomic E-state index is 12.9. The topological polar surface area (TPSA) is 85.0 Å². The lowest BCUT2D eigenvalue weighted by Crippen LogP contribution is -2.53. The molecule has 4 saturated heterocycles. The van der Waals surface area contributed by atoms with Gasteiger partial charge in [0, 0.05) is 69.0 Å². The lowest BCUT2D eigenvalue weighted by Gasteiger charge is -2.39. The first kappa shape index (κ1) is 18.3. The summed E-state index contributed by atoms with van der Waals surface area (Å²) < 4.78 is 0. The fourth-order valence-electron chi connectivity index (χ4n) is 5.84. The summed E-state index contributed by atoms with van der Waals surface area (Å²) in [4.78, 5) is 43.4. The van der Waals surface area contributed by atoms with Gasteiger partial charge in [-0.25, -0.2) is 0 Å². The van der Waals surface area contributed by atoms with Crippen LogP contribution in [0.4, 0.5) is 5.69 Å². The predicted molar refractivity (Wildman–Crippen MR) is 110 cm³/mol. The van der Waals surface area contributed by atoms with Gasteiger partial charge in [0.05, 0.1) is 0 Å². The van der Waals surface area contributed by atoms with E-state index in [9.17, 15) is 14.4 Å². The molecule has 3 atom stereocenters. The number of benzene rings is 1. The molecule has 1 aromatic carbocycles. The number of carbonyl (C=O) groups excluding carboxylic acids is 3. The monoisotopic (exact) mass is 409 g/mol. The summed E-state index contributed by atoms with van der Waals surface area (Å²) in [6.45, 7) is 6.13. The molecule has 5 aliphatic heterocycles. The minimum Gasteiger partial charge on any atom is -0.366 e. The van der Waals surface area contributed by atoms with E-state index in [0.717, 1.165) is 37.7 Å². The van der Waals surface area contributed by atoms with Crippen LogP contribution in [0, 0.1) is 5.92 Å². The van der Waals surface area contributed by atoms with Crippen molar-refractivity contribution in [2.24, 2.45) is 5.92 Å². The molecule has 3 unspecified atom stereocenters. The van der Waals surface area contributed by atoms with Crippen molar-refractivity contribution in [3.8, 4) is 0 Å². The summed E-state index contributed by atoms with van der Waals surface area (Å²) in [5.41, 5.74) is 2.86. The first-order valence-corrected chi connectivity index (χ1v) is 11.1. The smallest absolute Gasteiger partial charge is 0.255 e. The lowest BCUT2D eigenvalue weighted by molar-refractivity contribution is -0.136. The van der Waals surface area contributed by atoms with Gasteiger partial charge in [0.1, 0.15) is 6.04 Å². The van der Waals surface area contributed by atoms with E-state index in [-0.39, 0.29) is 24.1 Å². The van der Waals surface area contributed by atoms with Gasteiger partial charge in [0.15, 0.2) is 0 Å². The zero-order chi connectivity index (χ0) is 20.4. The first-order valence-electron chi connectivity index (χ1n) is 11.1. The zero-order valence-corrected chi connectivity index (χ0v) is 17.0. The van der Waals surface area contributed by atoms with Gasteiger partial charge >= 0.3 is 0 Å². The Morgan fingerprint density at radius 3 is 2.60 bits per heavy atom. The zero-order valence-electron chi connectivity index (χ0n) is 17.0. The van der Waals surface area contributed by atoms with Crippen LogP contribution in [-0.2, 0) is 16.1 Å². The minimum atomic E-state index is -0.552. The normalized spacial score (nSPS) is 31.3. The van der Waals surface area contributed by atoms with Crippen LogP contribution in [0.15, 0.2) is 18.2 Å². The summed E-state index contributed by atoms with van der Waals surface area (Å²) in [6.07, 6.45) is 1.91. The lowest BCUT2D eigenvalue weighted by atomic mass is 10.0. The van der Waals surface area contributed by atoms with E-state index < -0.39 is 6.04 Å². The Labute approximate surface area is 175 Å². The molecular formula is C22H27N5O3. The summed E-state index contributed by atoms with van der Waals surface area (Å²) in [5, 5.41) is 5.73. The minimum absolute atomic E-state index is 0.103. The van der Waals surface area contributed by atoms with Gasteiger partial charge < -0.3 is 15.1 Å². The average Bonchev–Trinajstić information content (AvgIpc) is 3.37. The molecule has 1 aromatic rings. The van der Waals surface area contributed by atoms with Crippen LogP contribution < -0.4 is 15.5 Å². The third-order valence-corrected chi connectivity index (χ3v) is 7.55. The summed E-state index contributed by atoms with van der Waals surface area (Å²) in [6, 6.07) is 6.74. The van der Waals surface area contributed by atoms with Crippen LogP contribution in [0.2, 0.25) is 0 Å². The van der Waals surface area contributed by atoms with Crippen molar-refractivity contribution in [2.45, 2.75) is 43.9 Å². The van der Waals surface area contributed by atoms with Gasteiger partial charge in [-0.1, -0.05) is 0 Å². The molecule has 0 saturated carbocycles. The Balaban J connectivity index is 1.16. The highest BCUT2D eigenvalue weighted by Crippen LogP contribution is 2.37. The number of hydrogen-bond donors (Lipinski definition) is 2. The molecule has 0 aliphatic carbocycles. The van der Waals surface area contributed by atoms with Crippen molar-refractivity contribution in [3.05, 3.63) is 29.3 Å². The number of anilines is 1. The van der Waals surface area contributed by atoms with Gasteiger partial charge in [-0.3, -0.25) is 24.6 Å². The second kappa shape index (κ2) is 6.78. The van der Waals surface area contributed by atoms with Crippen molar-refractivity contribution >= 4 is 23.4 Å². The fourth-order valence-corrected chi connectivity index (χ4v) is 5.84. The number of imide groups is 1. The Hall–Kier alpha value is -2.45. The third kappa shape index (κ3) is 2.85. The summed E-state index contributed by atoms with van der Waals surface area (Å²) in [7, 11) is 0. The van der Waals surface area contributed by atoms with E-state index in [1.165, 1.54) is 18.7 Å². The van der Waals surface area contributed by atoms with Gasteiger partial charge in [-0.05, 0) is 42.5 Å². The van der Waals surface area contributed by atoms with Crippen LogP contribution in [0.1, 0.15) is 35.2 Å². The quantitative estimate of drug-likeness (QED) is 0.678. The second-order valence-electron chi connectivity index (χ2n) is 9.42. The number of rotatable bonds is 4. The Bertz CT molecular complexity index is 929. The van der Waals surface area contributed by atoms with E-state index >= 15 is 0 Å². The highest BCUT2D eigenvalue weighted by Gasteiger charge is 2.45.